The van der Waals surface area contributed by atoms with Gasteiger partial charge in [0.2, 0.25) is 0 Å². The Labute approximate surface area is 160 Å². The quantitative estimate of drug-likeness (QED) is 0.363. The van der Waals surface area contributed by atoms with Crippen LogP contribution in [0.15, 0.2) is 54.7 Å². The fourth-order valence-electron chi connectivity index (χ4n) is 2.60. The Morgan fingerprint density at radius 1 is 1.14 bits per heavy atom. The number of hydrogen-bond donors (Lipinski definition) is 0. The lowest BCUT2D eigenvalue weighted by Gasteiger charge is -2.10. The lowest BCUT2D eigenvalue weighted by atomic mass is 10.1. The van der Waals surface area contributed by atoms with Crippen LogP contribution in [-0.4, -0.2) is 34.6 Å². The summed E-state index contributed by atoms with van der Waals surface area (Å²) in [7, 11) is 1.57. The maximum atomic E-state index is 12.3. The SMILES string of the molecule is CCOC(=O)c1ncc(-c2cccc(OC)c2)nc1-c1ccc([N+](=O)[O-])cc1. The van der Waals surface area contributed by atoms with Crippen molar-refractivity contribution in [1.29, 1.82) is 0 Å². The summed E-state index contributed by atoms with van der Waals surface area (Å²) in [6.07, 6.45) is 1.48. The molecule has 3 rings (SSSR count). The first-order chi connectivity index (χ1) is 13.5. The molecule has 28 heavy (non-hydrogen) atoms. The van der Waals surface area contributed by atoms with Crippen LogP contribution in [0.1, 0.15) is 17.4 Å². The Kier molecular flexibility index (Phi) is 5.59. The molecule has 1 aromatic heterocycles. The Morgan fingerprint density at radius 3 is 2.54 bits per heavy atom. The van der Waals surface area contributed by atoms with Crippen LogP contribution >= 0.6 is 0 Å². The Bertz CT molecular complexity index is 1020. The minimum Gasteiger partial charge on any atom is -0.497 e. The zero-order chi connectivity index (χ0) is 20.1. The van der Waals surface area contributed by atoms with E-state index >= 15 is 0 Å². The number of esters is 1. The van der Waals surface area contributed by atoms with Gasteiger partial charge in [0, 0.05) is 23.3 Å². The minimum atomic E-state index is -0.611. The predicted octanol–water partition coefficient (Wildman–Crippen LogP) is 3.90. The first-order valence-electron chi connectivity index (χ1n) is 8.47. The van der Waals surface area contributed by atoms with E-state index in [1.165, 1.54) is 30.5 Å². The van der Waals surface area contributed by atoms with Gasteiger partial charge in [0.25, 0.3) is 5.69 Å². The van der Waals surface area contributed by atoms with E-state index in [9.17, 15) is 14.9 Å². The molecule has 0 saturated heterocycles. The summed E-state index contributed by atoms with van der Waals surface area (Å²) in [6.45, 7) is 1.89. The van der Waals surface area contributed by atoms with Crippen LogP contribution in [-0.2, 0) is 4.74 Å². The number of hydrogen-bond acceptors (Lipinski definition) is 7. The summed E-state index contributed by atoms with van der Waals surface area (Å²) in [5.41, 5.74) is 2.07. The van der Waals surface area contributed by atoms with Gasteiger partial charge in [-0.05, 0) is 31.2 Å². The minimum absolute atomic E-state index is 0.0438. The van der Waals surface area contributed by atoms with E-state index < -0.39 is 10.9 Å². The molecule has 0 aliphatic heterocycles. The number of methoxy groups -OCH3 is 1. The van der Waals surface area contributed by atoms with Gasteiger partial charge in [0.05, 0.1) is 30.5 Å². The second-order valence-corrected chi connectivity index (χ2v) is 5.71. The molecule has 0 N–H and O–H groups in total. The normalized spacial score (nSPS) is 10.4. The Balaban J connectivity index is 2.12. The average Bonchev–Trinajstić information content (AvgIpc) is 2.73. The van der Waals surface area contributed by atoms with Gasteiger partial charge in [-0.15, -0.1) is 0 Å². The van der Waals surface area contributed by atoms with Crippen LogP contribution in [0.4, 0.5) is 5.69 Å². The summed E-state index contributed by atoms with van der Waals surface area (Å²) in [4.78, 5) is 31.5. The second-order valence-electron chi connectivity index (χ2n) is 5.71. The number of nitro benzene ring substituents is 1. The van der Waals surface area contributed by atoms with Gasteiger partial charge < -0.3 is 9.47 Å². The third-order valence-electron chi connectivity index (χ3n) is 3.96. The molecular formula is C20H17N3O5. The molecule has 8 nitrogen and oxygen atoms in total. The van der Waals surface area contributed by atoms with E-state index in [0.29, 0.717) is 17.0 Å². The van der Waals surface area contributed by atoms with E-state index in [-0.39, 0.29) is 23.7 Å². The van der Waals surface area contributed by atoms with Crippen LogP contribution in [0.25, 0.3) is 22.5 Å². The number of nitro groups is 1. The summed E-state index contributed by atoms with van der Waals surface area (Å²) in [6, 6.07) is 13.0. The van der Waals surface area contributed by atoms with Gasteiger partial charge in [-0.2, -0.15) is 0 Å². The predicted molar refractivity (Wildman–Crippen MR) is 102 cm³/mol. The molecule has 0 aliphatic carbocycles. The second kappa shape index (κ2) is 8.26. The maximum Gasteiger partial charge on any atom is 0.359 e. The van der Waals surface area contributed by atoms with Gasteiger partial charge in [0.15, 0.2) is 5.69 Å². The molecule has 3 aromatic rings. The largest absolute Gasteiger partial charge is 0.497 e. The lowest BCUT2D eigenvalue weighted by molar-refractivity contribution is -0.384. The lowest BCUT2D eigenvalue weighted by Crippen LogP contribution is -2.10. The highest BCUT2D eigenvalue weighted by atomic mass is 16.6. The molecule has 0 unspecified atom stereocenters. The molecule has 0 atom stereocenters. The molecule has 0 amide bonds. The fourth-order valence-corrected chi connectivity index (χ4v) is 2.60. The monoisotopic (exact) mass is 379 g/mol. The molecular weight excluding hydrogens is 362 g/mol. The summed E-state index contributed by atoms with van der Waals surface area (Å²) >= 11 is 0. The third kappa shape index (κ3) is 3.96. The molecule has 0 bridgehead atoms. The number of rotatable bonds is 6. The number of aromatic nitrogens is 2. The zero-order valence-corrected chi connectivity index (χ0v) is 15.3. The fraction of sp³-hybridized carbons (Fsp3) is 0.150. The molecule has 1 heterocycles. The van der Waals surface area contributed by atoms with Gasteiger partial charge in [-0.25, -0.2) is 14.8 Å². The van der Waals surface area contributed by atoms with Gasteiger partial charge >= 0.3 is 5.97 Å². The molecule has 0 aliphatic rings. The molecule has 0 saturated carbocycles. The standard InChI is InChI=1S/C20H17N3O5/c1-3-28-20(24)19-18(13-7-9-15(10-8-13)23(25)26)22-17(12-21-19)14-5-4-6-16(11-14)27-2/h4-12H,3H2,1-2H3. The van der Waals surface area contributed by atoms with Crippen molar-refractivity contribution >= 4 is 11.7 Å². The van der Waals surface area contributed by atoms with Gasteiger partial charge in [0.1, 0.15) is 11.4 Å². The van der Waals surface area contributed by atoms with Crippen molar-refractivity contribution in [2.75, 3.05) is 13.7 Å². The third-order valence-corrected chi connectivity index (χ3v) is 3.96. The van der Waals surface area contributed by atoms with Crippen LogP contribution in [0.2, 0.25) is 0 Å². The number of benzene rings is 2. The van der Waals surface area contributed by atoms with Crippen LogP contribution in [0.3, 0.4) is 0 Å². The highest BCUT2D eigenvalue weighted by molar-refractivity contribution is 5.94. The van der Waals surface area contributed by atoms with Crippen LogP contribution in [0, 0.1) is 10.1 Å². The molecule has 8 heteroatoms. The zero-order valence-electron chi connectivity index (χ0n) is 15.3. The molecule has 0 spiro atoms. The topological polar surface area (TPSA) is 104 Å². The summed E-state index contributed by atoms with van der Waals surface area (Å²) < 4.78 is 10.3. The van der Waals surface area contributed by atoms with Gasteiger partial charge in [-0.1, -0.05) is 12.1 Å². The van der Waals surface area contributed by atoms with E-state index in [1.54, 1.807) is 26.2 Å². The van der Waals surface area contributed by atoms with Gasteiger partial charge in [-0.3, -0.25) is 10.1 Å². The van der Waals surface area contributed by atoms with Crippen molar-refractivity contribution in [1.82, 2.24) is 9.97 Å². The van der Waals surface area contributed by atoms with Crippen molar-refractivity contribution in [2.45, 2.75) is 6.92 Å². The number of carbonyl (C=O) groups excluding carboxylic acids is 1. The van der Waals surface area contributed by atoms with E-state index in [1.807, 2.05) is 12.1 Å². The number of nitrogens with zero attached hydrogens (tertiary/aromatic N) is 3. The smallest absolute Gasteiger partial charge is 0.359 e. The molecule has 2 aromatic carbocycles. The number of non-ortho nitro benzene ring substituents is 1. The van der Waals surface area contributed by atoms with Crippen molar-refractivity contribution in [3.05, 3.63) is 70.5 Å². The number of carbonyl (C=O) groups is 1. The molecule has 0 fully saturated rings. The number of ether oxygens (including phenoxy) is 2. The van der Waals surface area contributed by atoms with Crippen molar-refractivity contribution in [3.63, 3.8) is 0 Å². The Morgan fingerprint density at radius 2 is 1.89 bits per heavy atom. The Hall–Kier alpha value is -3.81. The molecule has 142 valence electrons. The molecule has 0 radical (unpaired) electrons. The maximum absolute atomic E-state index is 12.3. The van der Waals surface area contributed by atoms with Crippen molar-refractivity contribution < 1.29 is 19.2 Å². The van der Waals surface area contributed by atoms with Crippen LogP contribution < -0.4 is 4.74 Å². The van der Waals surface area contributed by atoms with E-state index in [2.05, 4.69) is 9.97 Å². The summed E-state index contributed by atoms with van der Waals surface area (Å²) in [5, 5.41) is 10.9. The average molecular weight is 379 g/mol. The summed E-state index contributed by atoms with van der Waals surface area (Å²) in [5.74, 6) is 0.0474. The van der Waals surface area contributed by atoms with E-state index in [4.69, 9.17) is 9.47 Å². The van der Waals surface area contributed by atoms with Crippen molar-refractivity contribution in [2.24, 2.45) is 0 Å². The first kappa shape index (κ1) is 19.0. The highest BCUT2D eigenvalue weighted by Gasteiger charge is 2.19. The highest BCUT2D eigenvalue weighted by Crippen LogP contribution is 2.28. The van der Waals surface area contributed by atoms with Crippen molar-refractivity contribution in [3.8, 4) is 28.3 Å². The van der Waals surface area contributed by atoms with Crippen LogP contribution in [0.5, 0.6) is 5.75 Å². The first-order valence-corrected chi connectivity index (χ1v) is 8.47. The van der Waals surface area contributed by atoms with E-state index in [0.717, 1.165) is 5.56 Å².